The van der Waals surface area contributed by atoms with Crippen molar-refractivity contribution < 1.29 is 19.7 Å². The van der Waals surface area contributed by atoms with E-state index in [1.807, 2.05) is 42.5 Å². The number of hydrogen-bond donors (Lipinski definition) is 2. The van der Waals surface area contributed by atoms with Crippen LogP contribution in [0.25, 0.3) is 10.8 Å². The number of esters is 1. The molecule has 0 aliphatic carbocycles. The Morgan fingerprint density at radius 1 is 0.957 bits per heavy atom. The third kappa shape index (κ3) is 2.97. The minimum absolute atomic E-state index is 0.0577. The molecule has 0 amide bonds. The number of phenols is 2. The second kappa shape index (κ2) is 6.01. The molecule has 23 heavy (non-hydrogen) atoms. The zero-order valence-corrected chi connectivity index (χ0v) is 12.6. The average molecular weight is 308 g/mol. The fourth-order valence-corrected chi connectivity index (χ4v) is 2.45. The molecule has 0 fully saturated rings. The quantitative estimate of drug-likeness (QED) is 0.563. The second-order valence-corrected chi connectivity index (χ2v) is 5.33. The Balaban J connectivity index is 1.83. The highest BCUT2D eigenvalue weighted by Gasteiger charge is 2.18. The van der Waals surface area contributed by atoms with Crippen molar-refractivity contribution in [3.63, 3.8) is 0 Å². The van der Waals surface area contributed by atoms with Gasteiger partial charge in [-0.2, -0.15) is 0 Å². The minimum Gasteiger partial charge on any atom is -0.504 e. The lowest BCUT2D eigenvalue weighted by molar-refractivity contribution is 0.0334. The van der Waals surface area contributed by atoms with Crippen molar-refractivity contribution in [2.75, 3.05) is 0 Å². The van der Waals surface area contributed by atoms with E-state index in [2.05, 4.69) is 0 Å². The van der Waals surface area contributed by atoms with Gasteiger partial charge < -0.3 is 14.9 Å². The lowest BCUT2D eigenvalue weighted by atomic mass is 10.0. The fourth-order valence-electron chi connectivity index (χ4n) is 2.45. The molecule has 2 N–H and O–H groups in total. The second-order valence-electron chi connectivity index (χ2n) is 5.33. The van der Waals surface area contributed by atoms with Crippen LogP contribution in [0.4, 0.5) is 0 Å². The Kier molecular flexibility index (Phi) is 3.89. The molecule has 0 saturated carbocycles. The lowest BCUT2D eigenvalue weighted by Crippen LogP contribution is -2.09. The third-order valence-electron chi connectivity index (χ3n) is 3.76. The van der Waals surface area contributed by atoms with Crippen LogP contribution >= 0.6 is 0 Å². The Bertz CT molecular complexity index is 870. The summed E-state index contributed by atoms with van der Waals surface area (Å²) in [6.45, 7) is 1.77. The van der Waals surface area contributed by atoms with Crippen molar-refractivity contribution in [1.82, 2.24) is 0 Å². The van der Waals surface area contributed by atoms with Gasteiger partial charge in [-0.25, -0.2) is 4.79 Å². The summed E-state index contributed by atoms with van der Waals surface area (Å²) in [4.78, 5) is 12.2. The first-order valence-corrected chi connectivity index (χ1v) is 7.27. The maximum absolute atomic E-state index is 12.2. The van der Waals surface area contributed by atoms with Gasteiger partial charge in [0.05, 0.1) is 0 Å². The number of aromatic hydroxyl groups is 2. The molecular weight excluding hydrogens is 292 g/mol. The van der Waals surface area contributed by atoms with Gasteiger partial charge in [0.15, 0.2) is 11.5 Å². The molecule has 0 aliphatic rings. The van der Waals surface area contributed by atoms with Crippen LogP contribution in [-0.2, 0) is 4.74 Å². The maximum Gasteiger partial charge on any atom is 0.342 e. The summed E-state index contributed by atoms with van der Waals surface area (Å²) in [5, 5.41) is 21.4. The van der Waals surface area contributed by atoms with Gasteiger partial charge in [0.2, 0.25) is 0 Å². The van der Waals surface area contributed by atoms with Crippen LogP contribution in [0.2, 0.25) is 0 Å². The third-order valence-corrected chi connectivity index (χ3v) is 3.76. The molecule has 3 rings (SSSR count). The van der Waals surface area contributed by atoms with Gasteiger partial charge in [-0.05, 0) is 41.5 Å². The van der Waals surface area contributed by atoms with E-state index >= 15 is 0 Å². The number of hydrogen-bond acceptors (Lipinski definition) is 4. The highest BCUT2D eigenvalue weighted by Crippen LogP contribution is 2.30. The number of ether oxygens (including phenoxy) is 1. The number of fused-ring (bicyclic) bond motifs is 1. The van der Waals surface area contributed by atoms with Gasteiger partial charge in [-0.15, -0.1) is 0 Å². The van der Waals surface area contributed by atoms with Crippen molar-refractivity contribution >= 4 is 16.7 Å². The SMILES string of the molecule is C[C@H](OC(=O)c1cccc(O)c1O)c1ccc2ccccc2c1. The van der Waals surface area contributed by atoms with Crippen molar-refractivity contribution in [3.8, 4) is 11.5 Å². The number of rotatable bonds is 3. The van der Waals surface area contributed by atoms with Crippen LogP contribution < -0.4 is 0 Å². The lowest BCUT2D eigenvalue weighted by Gasteiger charge is -2.15. The molecule has 0 radical (unpaired) electrons. The topological polar surface area (TPSA) is 66.8 Å². The van der Waals surface area contributed by atoms with Crippen molar-refractivity contribution in [2.24, 2.45) is 0 Å². The number of carbonyl (C=O) groups excluding carboxylic acids is 1. The van der Waals surface area contributed by atoms with Crippen molar-refractivity contribution in [1.29, 1.82) is 0 Å². The molecule has 0 heterocycles. The van der Waals surface area contributed by atoms with E-state index in [-0.39, 0.29) is 11.3 Å². The molecule has 3 aromatic rings. The van der Waals surface area contributed by atoms with Gasteiger partial charge >= 0.3 is 5.97 Å². The summed E-state index contributed by atoms with van der Waals surface area (Å²) in [6, 6.07) is 18.0. The zero-order chi connectivity index (χ0) is 16.4. The predicted octanol–water partition coefficient (Wildman–Crippen LogP) is 4.17. The smallest absolute Gasteiger partial charge is 0.342 e. The van der Waals surface area contributed by atoms with Gasteiger partial charge in [0, 0.05) is 0 Å². The van der Waals surface area contributed by atoms with E-state index in [4.69, 9.17) is 4.74 Å². The molecule has 0 spiro atoms. The van der Waals surface area contributed by atoms with Crippen LogP contribution in [0.5, 0.6) is 11.5 Å². The minimum atomic E-state index is -0.681. The van der Waals surface area contributed by atoms with Gasteiger partial charge in [-0.1, -0.05) is 42.5 Å². The number of phenolic OH excluding ortho intramolecular Hbond substituents is 2. The summed E-state index contributed by atoms with van der Waals surface area (Å²) in [5.41, 5.74) is 0.800. The van der Waals surface area contributed by atoms with Crippen LogP contribution in [0.1, 0.15) is 28.9 Å². The van der Waals surface area contributed by atoms with E-state index in [1.54, 1.807) is 6.92 Å². The number of para-hydroxylation sites is 1. The van der Waals surface area contributed by atoms with Crippen molar-refractivity contribution in [3.05, 3.63) is 71.8 Å². The van der Waals surface area contributed by atoms with Crippen LogP contribution in [0.3, 0.4) is 0 Å². The van der Waals surface area contributed by atoms with Crippen LogP contribution in [0, 0.1) is 0 Å². The van der Waals surface area contributed by atoms with Gasteiger partial charge in [0.25, 0.3) is 0 Å². The predicted molar refractivity (Wildman–Crippen MR) is 87.6 cm³/mol. The van der Waals surface area contributed by atoms with E-state index in [1.165, 1.54) is 18.2 Å². The van der Waals surface area contributed by atoms with Gasteiger partial charge in [0.1, 0.15) is 11.7 Å². The number of benzene rings is 3. The summed E-state index contributed by atoms with van der Waals surface area (Å²) in [5.74, 6) is -1.50. The van der Waals surface area contributed by atoms with E-state index < -0.39 is 17.8 Å². The molecule has 4 heteroatoms. The van der Waals surface area contributed by atoms with Gasteiger partial charge in [-0.3, -0.25) is 0 Å². The first-order valence-electron chi connectivity index (χ1n) is 7.27. The molecule has 1 atom stereocenters. The van der Waals surface area contributed by atoms with Crippen LogP contribution in [-0.4, -0.2) is 16.2 Å². The average Bonchev–Trinajstić information content (AvgIpc) is 2.56. The molecule has 3 aromatic carbocycles. The molecule has 0 saturated heterocycles. The molecule has 4 nitrogen and oxygen atoms in total. The molecular formula is C19H16O4. The van der Waals surface area contributed by atoms with E-state index in [9.17, 15) is 15.0 Å². The summed E-state index contributed by atoms with van der Waals surface area (Å²) in [7, 11) is 0. The molecule has 0 bridgehead atoms. The zero-order valence-electron chi connectivity index (χ0n) is 12.6. The Hall–Kier alpha value is -3.01. The largest absolute Gasteiger partial charge is 0.504 e. The normalized spacial score (nSPS) is 12.0. The summed E-state index contributed by atoms with van der Waals surface area (Å²) >= 11 is 0. The van der Waals surface area contributed by atoms with Crippen molar-refractivity contribution in [2.45, 2.75) is 13.0 Å². The molecule has 0 aliphatic heterocycles. The molecule has 0 unspecified atom stereocenters. The standard InChI is InChI=1S/C19H16O4/c1-12(14-10-9-13-5-2-3-6-15(13)11-14)23-19(22)16-7-4-8-17(20)18(16)21/h2-12,20-21H,1H3/t12-/m0/s1. The number of carbonyl (C=O) groups is 1. The first-order chi connectivity index (χ1) is 11.1. The van der Waals surface area contributed by atoms with E-state index in [0.717, 1.165) is 16.3 Å². The first kappa shape index (κ1) is 14.9. The summed E-state index contributed by atoms with van der Waals surface area (Å²) < 4.78 is 5.40. The van der Waals surface area contributed by atoms with Crippen LogP contribution in [0.15, 0.2) is 60.7 Å². The Morgan fingerprint density at radius 2 is 1.70 bits per heavy atom. The maximum atomic E-state index is 12.2. The highest BCUT2D eigenvalue weighted by atomic mass is 16.5. The Labute approximate surface area is 133 Å². The molecule has 0 aromatic heterocycles. The monoisotopic (exact) mass is 308 g/mol. The Morgan fingerprint density at radius 3 is 2.48 bits per heavy atom. The fraction of sp³-hybridized carbons (Fsp3) is 0.105. The summed E-state index contributed by atoms with van der Waals surface area (Å²) in [6.07, 6.45) is -0.478. The highest BCUT2D eigenvalue weighted by molar-refractivity contribution is 5.93. The molecule has 116 valence electrons. The van der Waals surface area contributed by atoms with E-state index in [0.29, 0.717) is 0 Å².